The summed E-state index contributed by atoms with van der Waals surface area (Å²) in [6.45, 7) is 4.42. The molecule has 0 aromatic carbocycles. The fourth-order valence-electron chi connectivity index (χ4n) is 0.354. The normalized spacial score (nSPS) is 12.0. The van der Waals surface area contributed by atoms with Crippen molar-refractivity contribution in [2.24, 2.45) is 0 Å². The molecule has 0 aliphatic carbocycles. The minimum absolute atomic E-state index is 1.34. The lowest BCUT2D eigenvalue weighted by Gasteiger charge is -2.13. The maximum atomic E-state index is 11.2. The van der Waals surface area contributed by atoms with Crippen LogP contribution in [0.25, 0.3) is 0 Å². The van der Waals surface area contributed by atoms with Crippen molar-refractivity contribution in [3.8, 4) is 0 Å². The smallest absolute Gasteiger partial charge is 0.189 e. The highest BCUT2D eigenvalue weighted by Crippen LogP contribution is 2.42. The average molecular weight is 397 g/mol. The van der Waals surface area contributed by atoms with Crippen LogP contribution in [0.1, 0.15) is 33.1 Å². The van der Waals surface area contributed by atoms with Gasteiger partial charge in [-0.15, -0.1) is 0 Å². The molecule has 10 heteroatoms. The van der Waals surface area contributed by atoms with Crippen LogP contribution in [0.4, 0.5) is 17.6 Å². The quantitative estimate of drug-likeness (QED) is 0.337. The van der Waals surface area contributed by atoms with E-state index in [2.05, 4.69) is 83.5 Å². The maximum Gasteiger partial charge on any atom is 0.435 e. The molecular weight excluding hydrogens is 385 g/mol. The number of hydrogen-bond donors (Lipinski definition) is 0. The molecule has 0 saturated heterocycles. The zero-order valence-corrected chi connectivity index (χ0v) is 13.9. The summed E-state index contributed by atoms with van der Waals surface area (Å²) in [5.74, 6) is 0. The van der Waals surface area contributed by atoms with Crippen LogP contribution in [0.2, 0.25) is 0 Å². The Morgan fingerprint density at radius 3 is 0.889 bits per heavy atom. The van der Waals surface area contributed by atoms with Gasteiger partial charge in [0, 0.05) is 0 Å². The van der Waals surface area contributed by atoms with Gasteiger partial charge < -0.3 is 0 Å². The molecule has 0 heterocycles. The minimum Gasteiger partial charge on any atom is -0.189 e. The van der Waals surface area contributed by atoms with Gasteiger partial charge in [-0.05, 0) is 34.8 Å². The van der Waals surface area contributed by atoms with Crippen molar-refractivity contribution >= 4 is 69.6 Å². The van der Waals surface area contributed by atoms with E-state index in [-0.39, 0.29) is 0 Å². The Labute approximate surface area is 134 Å². The molecule has 0 rings (SSSR count). The molecule has 0 bridgehead atoms. The topological polar surface area (TPSA) is 0 Å². The van der Waals surface area contributed by atoms with E-state index in [0.29, 0.717) is 0 Å². The summed E-state index contributed by atoms with van der Waals surface area (Å²) in [4.78, 5) is 0. The van der Waals surface area contributed by atoms with Gasteiger partial charge in [0.25, 0.3) is 3.79 Å². The van der Waals surface area contributed by atoms with Crippen molar-refractivity contribution in [3.05, 3.63) is 0 Å². The molecule has 0 aliphatic rings. The summed E-state index contributed by atoms with van der Waals surface area (Å²) in [6.07, 6.45) is -0.690. The zero-order valence-electron chi connectivity index (χ0n) is 9.40. The highest BCUT2D eigenvalue weighted by Gasteiger charge is 2.51. The Morgan fingerprint density at radius 1 is 0.722 bits per heavy atom. The molecule has 0 aromatic heterocycles. The molecule has 0 unspecified atom stereocenters. The first-order valence-corrected chi connectivity index (χ1v) is 6.82. The second-order valence-corrected chi connectivity index (χ2v) is 7.20. The van der Waals surface area contributed by atoms with Gasteiger partial charge in [0.2, 0.25) is 0 Å². The van der Waals surface area contributed by atoms with Gasteiger partial charge in [-0.2, -0.15) is 17.6 Å². The zero-order chi connectivity index (χ0) is 15.6. The van der Waals surface area contributed by atoms with Crippen LogP contribution in [0.3, 0.4) is 0 Å². The van der Waals surface area contributed by atoms with Crippen LogP contribution in [0, 0.1) is 0 Å². The number of alkyl halides is 10. The standard InChI is InChI=1S/C5H12.C2Cl3F3.CCl3F/c1-3-5-4-2;3-1(4,5)2(6,7)8;2-1(3,4)5/h3-5H2,1-2H3;;. The van der Waals surface area contributed by atoms with Crippen molar-refractivity contribution < 1.29 is 17.6 Å². The largest absolute Gasteiger partial charge is 0.435 e. The second-order valence-electron chi connectivity index (χ2n) is 2.78. The van der Waals surface area contributed by atoms with Gasteiger partial charge in [0.1, 0.15) is 0 Å². The van der Waals surface area contributed by atoms with Gasteiger partial charge >= 0.3 is 10.2 Å². The summed E-state index contributed by atoms with van der Waals surface area (Å²) in [6, 6.07) is 0. The summed E-state index contributed by atoms with van der Waals surface area (Å²) in [5.41, 5.74) is 0. The maximum absolute atomic E-state index is 11.2. The molecule has 0 spiro atoms. The van der Waals surface area contributed by atoms with Crippen LogP contribution >= 0.6 is 69.6 Å². The van der Waals surface area contributed by atoms with Crippen molar-refractivity contribution in [2.45, 2.75) is 47.1 Å². The molecule has 0 amide bonds. The number of hydrogen-bond acceptors (Lipinski definition) is 0. The van der Waals surface area contributed by atoms with E-state index in [0.717, 1.165) is 0 Å². The first-order chi connectivity index (χ1) is 7.66. The lowest BCUT2D eigenvalue weighted by atomic mass is 10.3. The van der Waals surface area contributed by atoms with Crippen LogP contribution in [-0.2, 0) is 0 Å². The summed E-state index contributed by atoms with van der Waals surface area (Å²) < 4.78 is 38.8. The van der Waals surface area contributed by atoms with Gasteiger partial charge in [0.05, 0.1) is 0 Å². The molecule has 0 saturated carbocycles. The van der Waals surface area contributed by atoms with E-state index in [1.807, 2.05) is 0 Å². The molecule has 114 valence electrons. The van der Waals surface area contributed by atoms with E-state index in [4.69, 9.17) is 0 Å². The Bertz CT molecular complexity index is 163. The lowest BCUT2D eigenvalue weighted by molar-refractivity contribution is -0.124. The van der Waals surface area contributed by atoms with E-state index in [1.54, 1.807) is 0 Å². The summed E-state index contributed by atoms with van der Waals surface area (Å²) in [7, 11) is 0. The molecule has 0 N–H and O–H groups in total. The summed E-state index contributed by atoms with van der Waals surface area (Å²) in [5, 5.41) is 0. The van der Waals surface area contributed by atoms with Gasteiger partial charge in [-0.3, -0.25) is 0 Å². The van der Waals surface area contributed by atoms with Gasteiger partial charge in [-0.1, -0.05) is 67.9 Å². The predicted molar refractivity (Wildman–Crippen MR) is 72.9 cm³/mol. The van der Waals surface area contributed by atoms with Crippen LogP contribution < -0.4 is 0 Å². The molecule has 18 heavy (non-hydrogen) atoms. The minimum atomic E-state index is -4.77. The molecule has 0 radical (unpaired) electrons. The Hall–Kier alpha value is 1.46. The Morgan fingerprint density at radius 2 is 0.889 bits per heavy atom. The Balaban J connectivity index is -0.000000197. The van der Waals surface area contributed by atoms with Crippen LogP contribution in [0.15, 0.2) is 0 Å². The molecule has 0 aromatic rings. The fourth-order valence-corrected chi connectivity index (χ4v) is 0.354. The molecular formula is C8H12Cl6F4. The lowest BCUT2D eigenvalue weighted by Crippen LogP contribution is -2.27. The molecule has 0 fully saturated rings. The van der Waals surface area contributed by atoms with Gasteiger partial charge in [0.15, 0.2) is 0 Å². The van der Waals surface area contributed by atoms with E-state index in [9.17, 15) is 17.6 Å². The van der Waals surface area contributed by atoms with Crippen LogP contribution in [0.5, 0.6) is 0 Å². The van der Waals surface area contributed by atoms with Crippen molar-refractivity contribution in [3.63, 3.8) is 0 Å². The van der Waals surface area contributed by atoms with E-state index in [1.165, 1.54) is 19.3 Å². The average Bonchev–Trinajstić information content (AvgIpc) is 1.99. The third kappa shape index (κ3) is 30.5. The number of unbranched alkanes of at least 4 members (excludes halogenated alkanes) is 2. The first kappa shape index (κ1) is 24.5. The second kappa shape index (κ2) is 11.2. The highest BCUT2D eigenvalue weighted by atomic mass is 35.6. The number of rotatable bonds is 2. The summed E-state index contributed by atoms with van der Waals surface area (Å²) >= 11 is 26.4. The van der Waals surface area contributed by atoms with E-state index < -0.39 is 14.0 Å². The Kier molecular flexibility index (Phi) is 15.2. The fraction of sp³-hybridized carbons (Fsp3) is 1.00. The van der Waals surface area contributed by atoms with Gasteiger partial charge in [-0.25, -0.2) is 0 Å². The SMILES string of the molecule is CCCCC.FC(Cl)(Cl)Cl.FC(F)(F)C(Cl)(Cl)Cl. The van der Waals surface area contributed by atoms with Crippen LogP contribution in [-0.4, -0.2) is 14.0 Å². The molecule has 0 aliphatic heterocycles. The third-order valence-corrected chi connectivity index (χ3v) is 1.67. The van der Waals surface area contributed by atoms with Crippen molar-refractivity contribution in [2.75, 3.05) is 0 Å². The van der Waals surface area contributed by atoms with Crippen molar-refractivity contribution in [1.82, 2.24) is 0 Å². The number of halogens is 10. The monoisotopic (exact) mass is 394 g/mol. The van der Waals surface area contributed by atoms with Crippen molar-refractivity contribution in [1.29, 1.82) is 0 Å². The predicted octanol–water partition coefficient (Wildman–Crippen LogP) is 7.40. The highest BCUT2D eigenvalue weighted by molar-refractivity contribution is 6.68. The molecule has 0 atom stereocenters. The molecule has 0 nitrogen and oxygen atoms in total. The third-order valence-electron chi connectivity index (χ3n) is 1.03. The first-order valence-electron chi connectivity index (χ1n) is 4.55. The van der Waals surface area contributed by atoms with E-state index >= 15 is 0 Å².